The number of fused-ring (bicyclic) bond motifs is 1. The first-order valence-electron chi connectivity index (χ1n) is 4.20. The number of benzene rings is 1. The van der Waals surface area contributed by atoms with Gasteiger partial charge < -0.3 is 13.9 Å². The molecule has 1 aromatic carbocycles. The summed E-state index contributed by atoms with van der Waals surface area (Å²) in [4.78, 5) is 21.7. The van der Waals surface area contributed by atoms with Gasteiger partial charge in [0.05, 0.1) is 21.3 Å². The summed E-state index contributed by atoms with van der Waals surface area (Å²) >= 11 is 9.97. The van der Waals surface area contributed by atoms with Gasteiger partial charge in [-0.15, -0.1) is 0 Å². The van der Waals surface area contributed by atoms with Crippen molar-refractivity contribution in [1.29, 1.82) is 0 Å². The fraction of sp³-hybridized carbons (Fsp3) is 0.111. The first-order valence-corrected chi connectivity index (χ1v) is 6.19. The number of methoxy groups -OCH3 is 1. The minimum absolute atomic E-state index is 0.0862. The van der Waals surface area contributed by atoms with Crippen LogP contribution in [0.2, 0.25) is 5.02 Å². The predicted octanol–water partition coefficient (Wildman–Crippen LogP) is 3.42. The molecule has 1 heterocycles. The summed E-state index contributed by atoms with van der Waals surface area (Å²) in [6.07, 6.45) is -0.900. The second-order valence-electron chi connectivity index (χ2n) is 2.84. The van der Waals surface area contributed by atoms with E-state index in [0.717, 1.165) is 11.3 Å². The molecule has 0 unspecified atom stereocenters. The predicted molar refractivity (Wildman–Crippen MR) is 66.1 cm³/mol. The lowest BCUT2D eigenvalue weighted by Crippen LogP contribution is -2.08. The number of carbonyl (C=O) groups is 1. The Morgan fingerprint density at radius 1 is 1.59 bits per heavy atom. The van der Waals surface area contributed by atoms with Gasteiger partial charge in [0.2, 0.25) is 0 Å². The molecule has 0 radical (unpaired) electrons. The molecule has 0 fully saturated rings. The molecule has 0 saturated carbocycles. The van der Waals surface area contributed by atoms with Crippen LogP contribution in [-0.2, 0) is 4.74 Å². The van der Waals surface area contributed by atoms with E-state index < -0.39 is 11.1 Å². The SMILES string of the molecule is COC(=O)Oc1c(Cl)cc2oc(=O)sc2c1Br. The van der Waals surface area contributed by atoms with Crippen LogP contribution in [0.25, 0.3) is 10.3 Å². The van der Waals surface area contributed by atoms with E-state index in [1.54, 1.807) is 0 Å². The molecule has 8 heteroatoms. The Hall–Kier alpha value is -1.05. The molecule has 2 rings (SSSR count). The molecule has 0 amide bonds. The normalized spacial score (nSPS) is 10.5. The van der Waals surface area contributed by atoms with Crippen molar-refractivity contribution in [1.82, 2.24) is 0 Å². The topological polar surface area (TPSA) is 65.7 Å². The molecule has 0 saturated heterocycles. The molecule has 0 bridgehead atoms. The van der Waals surface area contributed by atoms with Gasteiger partial charge in [-0.1, -0.05) is 22.9 Å². The molecule has 1 aromatic heterocycles. The van der Waals surface area contributed by atoms with Gasteiger partial charge in [0.1, 0.15) is 0 Å². The smallest absolute Gasteiger partial charge is 0.437 e. The van der Waals surface area contributed by atoms with Crippen LogP contribution in [0.3, 0.4) is 0 Å². The summed E-state index contributed by atoms with van der Waals surface area (Å²) in [5, 5.41) is 0.135. The lowest BCUT2D eigenvalue weighted by atomic mass is 10.3. The van der Waals surface area contributed by atoms with Gasteiger partial charge in [-0.3, -0.25) is 0 Å². The molecule has 0 atom stereocenters. The third kappa shape index (κ3) is 2.31. The second kappa shape index (κ2) is 4.67. The van der Waals surface area contributed by atoms with Gasteiger partial charge in [-0.05, 0) is 15.9 Å². The van der Waals surface area contributed by atoms with Crippen LogP contribution in [0, 0.1) is 0 Å². The number of rotatable bonds is 1. The highest BCUT2D eigenvalue weighted by Crippen LogP contribution is 2.40. The first-order chi connectivity index (χ1) is 8.02. The number of ether oxygens (including phenoxy) is 2. The lowest BCUT2D eigenvalue weighted by molar-refractivity contribution is 0.121. The van der Waals surface area contributed by atoms with Crippen molar-refractivity contribution >= 4 is 55.3 Å². The van der Waals surface area contributed by atoms with Crippen LogP contribution in [-0.4, -0.2) is 13.3 Å². The van der Waals surface area contributed by atoms with Crippen LogP contribution < -0.4 is 9.68 Å². The van der Waals surface area contributed by atoms with E-state index in [0.29, 0.717) is 14.8 Å². The minimum Gasteiger partial charge on any atom is -0.437 e. The van der Waals surface area contributed by atoms with Gasteiger partial charge in [0, 0.05) is 6.07 Å². The number of halogens is 2. The molecule has 17 heavy (non-hydrogen) atoms. The third-order valence-electron chi connectivity index (χ3n) is 1.83. The number of hydrogen-bond acceptors (Lipinski definition) is 6. The Labute approximate surface area is 112 Å². The zero-order valence-corrected chi connectivity index (χ0v) is 11.4. The minimum atomic E-state index is -0.900. The van der Waals surface area contributed by atoms with Gasteiger partial charge >= 0.3 is 11.1 Å². The standard InChI is InChI=1S/C9H4BrClO5S/c1-14-8(12)16-6-3(11)2-4-7(5(6)10)17-9(13)15-4/h2H,1H3. The summed E-state index contributed by atoms with van der Waals surface area (Å²) in [5.41, 5.74) is 0.328. The fourth-order valence-electron chi connectivity index (χ4n) is 1.15. The quantitative estimate of drug-likeness (QED) is 0.588. The maximum Gasteiger partial charge on any atom is 0.513 e. The maximum absolute atomic E-state index is 11.1. The van der Waals surface area contributed by atoms with Gasteiger partial charge in [-0.2, -0.15) is 0 Å². The zero-order valence-electron chi connectivity index (χ0n) is 8.28. The van der Waals surface area contributed by atoms with Crippen molar-refractivity contribution < 1.29 is 18.7 Å². The van der Waals surface area contributed by atoms with Crippen LogP contribution in [0.5, 0.6) is 5.75 Å². The molecule has 0 aliphatic carbocycles. The van der Waals surface area contributed by atoms with Gasteiger partial charge in [-0.25, -0.2) is 9.59 Å². The second-order valence-corrected chi connectivity index (χ2v) is 4.98. The zero-order chi connectivity index (χ0) is 12.6. The van der Waals surface area contributed by atoms with E-state index in [2.05, 4.69) is 20.7 Å². The molecule has 5 nitrogen and oxygen atoms in total. The van der Waals surface area contributed by atoms with E-state index >= 15 is 0 Å². The highest BCUT2D eigenvalue weighted by atomic mass is 79.9. The maximum atomic E-state index is 11.1. The molecule has 0 N–H and O–H groups in total. The molecule has 0 aliphatic rings. The Morgan fingerprint density at radius 3 is 2.94 bits per heavy atom. The Bertz CT molecular complexity index is 647. The summed E-state index contributed by atoms with van der Waals surface area (Å²) in [6, 6.07) is 1.40. The van der Waals surface area contributed by atoms with E-state index in [4.69, 9.17) is 20.8 Å². The molecule has 2 aromatic rings. The van der Waals surface area contributed by atoms with Crippen LogP contribution in [0.1, 0.15) is 0 Å². The van der Waals surface area contributed by atoms with Crippen molar-refractivity contribution in [3.05, 3.63) is 25.3 Å². The van der Waals surface area contributed by atoms with Crippen molar-refractivity contribution in [2.75, 3.05) is 7.11 Å². The van der Waals surface area contributed by atoms with Crippen molar-refractivity contribution in [3.63, 3.8) is 0 Å². The van der Waals surface area contributed by atoms with E-state index in [1.165, 1.54) is 13.2 Å². The number of carbonyl (C=O) groups excluding carboxylic acids is 1. The van der Waals surface area contributed by atoms with Gasteiger partial charge in [0.25, 0.3) is 0 Å². The highest BCUT2D eigenvalue weighted by molar-refractivity contribution is 9.10. The average Bonchev–Trinajstić information content (AvgIpc) is 2.64. The van der Waals surface area contributed by atoms with Crippen molar-refractivity contribution in [2.24, 2.45) is 0 Å². The van der Waals surface area contributed by atoms with E-state index in [1.807, 2.05) is 0 Å². The lowest BCUT2D eigenvalue weighted by Gasteiger charge is -2.06. The van der Waals surface area contributed by atoms with Crippen LogP contribution >= 0.6 is 38.9 Å². The molecule has 90 valence electrons. The molecule has 0 aliphatic heterocycles. The summed E-state index contributed by atoms with van der Waals surface area (Å²) in [7, 11) is 1.18. The molecule has 0 spiro atoms. The van der Waals surface area contributed by atoms with Crippen molar-refractivity contribution in [2.45, 2.75) is 0 Å². The summed E-state index contributed by atoms with van der Waals surface area (Å²) in [6.45, 7) is 0. The largest absolute Gasteiger partial charge is 0.513 e. The average molecular weight is 340 g/mol. The summed E-state index contributed by atoms with van der Waals surface area (Å²) < 4.78 is 15.0. The first kappa shape index (κ1) is 12.4. The monoisotopic (exact) mass is 338 g/mol. The van der Waals surface area contributed by atoms with Crippen LogP contribution in [0.15, 0.2) is 19.8 Å². The Balaban J connectivity index is 2.62. The highest BCUT2D eigenvalue weighted by Gasteiger charge is 2.18. The Morgan fingerprint density at radius 2 is 2.29 bits per heavy atom. The van der Waals surface area contributed by atoms with E-state index in [9.17, 15) is 9.59 Å². The third-order valence-corrected chi connectivity index (χ3v) is 3.99. The van der Waals surface area contributed by atoms with Gasteiger partial charge in [0.15, 0.2) is 11.3 Å². The fourth-order valence-corrected chi connectivity index (χ4v) is 2.91. The van der Waals surface area contributed by atoms with E-state index in [-0.39, 0.29) is 10.8 Å². The molecular formula is C9H4BrClO5S. The number of hydrogen-bond donors (Lipinski definition) is 0. The molecular weight excluding hydrogens is 336 g/mol. The van der Waals surface area contributed by atoms with Crippen molar-refractivity contribution in [3.8, 4) is 5.75 Å². The Kier molecular flexibility index (Phi) is 3.41. The van der Waals surface area contributed by atoms with Crippen LogP contribution in [0.4, 0.5) is 4.79 Å². The summed E-state index contributed by atoms with van der Waals surface area (Å²) in [5.74, 6) is 0.0862.